The van der Waals surface area contributed by atoms with Gasteiger partial charge in [-0.25, -0.2) is 4.98 Å². The van der Waals surface area contributed by atoms with E-state index in [1.54, 1.807) is 31.1 Å². The van der Waals surface area contributed by atoms with Crippen LogP contribution in [0.1, 0.15) is 19.8 Å². The number of hydrogen-bond donors (Lipinski definition) is 0. The lowest BCUT2D eigenvalue weighted by Gasteiger charge is -2.21. The Bertz CT molecular complexity index is 697. The van der Waals surface area contributed by atoms with Crippen LogP contribution in [0.3, 0.4) is 0 Å². The molecule has 0 saturated carbocycles. The van der Waals surface area contributed by atoms with Crippen LogP contribution >= 0.6 is 22.9 Å². The average Bonchev–Trinajstić information content (AvgIpc) is 3.14. The van der Waals surface area contributed by atoms with E-state index in [4.69, 9.17) is 21.1 Å². The summed E-state index contributed by atoms with van der Waals surface area (Å²) >= 11 is 7.64. The zero-order valence-corrected chi connectivity index (χ0v) is 14.0. The van der Waals surface area contributed by atoms with Crippen molar-refractivity contribution in [2.45, 2.75) is 25.9 Å². The maximum Gasteiger partial charge on any atom is 0.225 e. The van der Waals surface area contributed by atoms with Crippen LogP contribution in [0, 0.1) is 0 Å². The summed E-state index contributed by atoms with van der Waals surface area (Å²) in [5, 5.41) is 1.24. The highest BCUT2D eigenvalue weighted by molar-refractivity contribution is 7.23. The van der Waals surface area contributed by atoms with E-state index in [9.17, 15) is 4.79 Å². The highest BCUT2D eigenvalue weighted by Crippen LogP contribution is 2.39. The van der Waals surface area contributed by atoms with Crippen LogP contribution in [0.2, 0.25) is 5.02 Å². The largest absolute Gasteiger partial charge is 0.494 e. The van der Waals surface area contributed by atoms with Gasteiger partial charge in [0.25, 0.3) is 0 Å². The van der Waals surface area contributed by atoms with Crippen molar-refractivity contribution < 1.29 is 14.3 Å². The van der Waals surface area contributed by atoms with Gasteiger partial charge in [-0.1, -0.05) is 22.9 Å². The summed E-state index contributed by atoms with van der Waals surface area (Å²) in [6, 6.07) is 3.56. The molecule has 1 aromatic heterocycles. The van der Waals surface area contributed by atoms with Crippen molar-refractivity contribution in [1.82, 2.24) is 4.98 Å². The van der Waals surface area contributed by atoms with Gasteiger partial charge in [-0.3, -0.25) is 9.69 Å². The van der Waals surface area contributed by atoms with Gasteiger partial charge in [0.05, 0.1) is 29.5 Å². The summed E-state index contributed by atoms with van der Waals surface area (Å²) < 4.78 is 11.8. The molecule has 7 heteroatoms. The first-order valence-corrected chi connectivity index (χ1v) is 8.32. The molecule has 1 atom stereocenters. The van der Waals surface area contributed by atoms with Gasteiger partial charge in [0.15, 0.2) is 5.13 Å². The monoisotopic (exact) mass is 340 g/mol. The van der Waals surface area contributed by atoms with Crippen molar-refractivity contribution in [3.05, 3.63) is 17.2 Å². The molecule has 1 saturated heterocycles. The molecule has 3 rings (SSSR count). The van der Waals surface area contributed by atoms with E-state index in [0.29, 0.717) is 28.0 Å². The molecule has 0 radical (unpaired) electrons. The molecule has 0 bridgehead atoms. The van der Waals surface area contributed by atoms with Crippen molar-refractivity contribution in [3.8, 4) is 5.75 Å². The lowest BCUT2D eigenvalue weighted by atomic mass is 10.2. The third-order valence-electron chi connectivity index (χ3n) is 3.69. The Hall–Kier alpha value is -1.37. The number of hydrogen-bond acceptors (Lipinski definition) is 5. The van der Waals surface area contributed by atoms with Gasteiger partial charge in [-0.2, -0.15) is 0 Å². The number of ether oxygens (including phenoxy) is 2. The number of rotatable bonds is 4. The third kappa shape index (κ3) is 2.91. The number of benzene rings is 1. The van der Waals surface area contributed by atoms with E-state index >= 15 is 0 Å². The maximum absolute atomic E-state index is 12.0. The predicted molar refractivity (Wildman–Crippen MR) is 88.2 cm³/mol. The van der Waals surface area contributed by atoms with Crippen molar-refractivity contribution in [2.24, 2.45) is 0 Å². The average molecular weight is 341 g/mol. The number of nitrogens with zero attached hydrogens (tertiary/aromatic N) is 2. The molecule has 0 N–H and O–H groups in total. The highest BCUT2D eigenvalue weighted by atomic mass is 35.5. The molecule has 22 heavy (non-hydrogen) atoms. The summed E-state index contributed by atoms with van der Waals surface area (Å²) in [4.78, 5) is 18.3. The lowest BCUT2D eigenvalue weighted by Crippen LogP contribution is -2.35. The van der Waals surface area contributed by atoms with E-state index in [0.717, 1.165) is 24.1 Å². The van der Waals surface area contributed by atoms with Gasteiger partial charge in [0, 0.05) is 13.5 Å². The number of anilines is 1. The molecule has 1 unspecified atom stereocenters. The number of amides is 1. The number of carbonyl (C=O) groups is 1. The lowest BCUT2D eigenvalue weighted by molar-refractivity contribution is -0.116. The number of methoxy groups -OCH3 is 1. The van der Waals surface area contributed by atoms with Gasteiger partial charge in [0.2, 0.25) is 5.91 Å². The Kier molecular flexibility index (Phi) is 4.52. The van der Waals surface area contributed by atoms with Gasteiger partial charge >= 0.3 is 0 Å². The van der Waals surface area contributed by atoms with Crippen LogP contribution in [0.5, 0.6) is 5.75 Å². The van der Waals surface area contributed by atoms with E-state index in [1.807, 2.05) is 0 Å². The Morgan fingerprint density at radius 3 is 3.05 bits per heavy atom. The number of halogens is 1. The summed E-state index contributed by atoms with van der Waals surface area (Å²) in [6.07, 6.45) is 2.09. The van der Waals surface area contributed by atoms with Gasteiger partial charge in [-0.15, -0.1) is 0 Å². The molecule has 0 aliphatic carbocycles. The molecular formula is C15H17ClN2O3S. The Morgan fingerprint density at radius 1 is 1.59 bits per heavy atom. The maximum atomic E-state index is 12.0. The fourth-order valence-corrected chi connectivity index (χ4v) is 3.86. The van der Waals surface area contributed by atoms with E-state index in [1.165, 1.54) is 11.3 Å². The zero-order chi connectivity index (χ0) is 15.7. The van der Waals surface area contributed by atoms with E-state index < -0.39 is 0 Å². The van der Waals surface area contributed by atoms with Crippen molar-refractivity contribution in [3.63, 3.8) is 0 Å². The second-order valence-electron chi connectivity index (χ2n) is 5.19. The molecule has 1 aliphatic heterocycles. The first-order chi connectivity index (χ1) is 10.6. The highest BCUT2D eigenvalue weighted by Gasteiger charge is 2.25. The van der Waals surface area contributed by atoms with Crippen molar-refractivity contribution in [2.75, 3.05) is 25.2 Å². The quantitative estimate of drug-likeness (QED) is 0.855. The van der Waals surface area contributed by atoms with Crippen molar-refractivity contribution in [1.29, 1.82) is 0 Å². The summed E-state index contributed by atoms with van der Waals surface area (Å²) in [5.74, 6) is 0.604. The van der Waals surface area contributed by atoms with E-state index in [-0.39, 0.29) is 12.0 Å². The Labute approximate surface area is 137 Å². The minimum Gasteiger partial charge on any atom is -0.494 e. The third-order valence-corrected chi connectivity index (χ3v) is 5.23. The smallest absolute Gasteiger partial charge is 0.225 e. The second kappa shape index (κ2) is 6.40. The topological polar surface area (TPSA) is 51.7 Å². The minimum atomic E-state index is -0.0513. The minimum absolute atomic E-state index is 0.0513. The van der Waals surface area contributed by atoms with E-state index in [2.05, 4.69) is 4.98 Å². The van der Waals surface area contributed by atoms with Crippen LogP contribution < -0.4 is 9.64 Å². The molecule has 2 heterocycles. The number of thiazole rings is 1. The molecule has 2 aromatic rings. The fourth-order valence-electron chi connectivity index (χ4n) is 2.55. The summed E-state index contributed by atoms with van der Waals surface area (Å²) in [5.41, 5.74) is 0.689. The first kappa shape index (κ1) is 15.5. The zero-order valence-electron chi connectivity index (χ0n) is 12.5. The molecule has 0 spiro atoms. The first-order valence-electron chi connectivity index (χ1n) is 7.13. The van der Waals surface area contributed by atoms with Gasteiger partial charge in [0.1, 0.15) is 11.3 Å². The molecule has 118 valence electrons. The van der Waals surface area contributed by atoms with Crippen LogP contribution in [0.15, 0.2) is 12.1 Å². The summed E-state index contributed by atoms with van der Waals surface area (Å²) in [6.45, 7) is 2.82. The number of fused-ring (bicyclic) bond motifs is 1. The molecule has 1 amide bonds. The molecular weight excluding hydrogens is 324 g/mol. The molecule has 1 fully saturated rings. The van der Waals surface area contributed by atoms with Crippen LogP contribution in [0.25, 0.3) is 10.2 Å². The normalized spacial score (nSPS) is 17.9. The number of carbonyl (C=O) groups excluding carboxylic acids is 1. The molecule has 5 nitrogen and oxygen atoms in total. The number of aromatic nitrogens is 1. The summed E-state index contributed by atoms with van der Waals surface area (Å²) in [7, 11) is 1.59. The fraction of sp³-hybridized carbons (Fsp3) is 0.467. The van der Waals surface area contributed by atoms with Crippen molar-refractivity contribution >= 4 is 44.2 Å². The standard InChI is InChI=1S/C15H17ClN2O3S/c1-9(19)18(8-10-4-3-7-21-10)15-17-13-12(20-2)6-5-11(16)14(13)22-15/h5-6,10H,3-4,7-8H2,1-2H3. The van der Waals surface area contributed by atoms with Gasteiger partial charge < -0.3 is 9.47 Å². The molecule has 1 aromatic carbocycles. The second-order valence-corrected chi connectivity index (χ2v) is 6.57. The Balaban J connectivity index is 1.98. The predicted octanol–water partition coefficient (Wildman–Crippen LogP) is 3.49. The molecule has 1 aliphatic rings. The van der Waals surface area contributed by atoms with Gasteiger partial charge in [-0.05, 0) is 25.0 Å². The van der Waals surface area contributed by atoms with Crippen LogP contribution in [-0.4, -0.2) is 37.3 Å². The SMILES string of the molecule is COc1ccc(Cl)c2sc(N(CC3CCCO3)C(C)=O)nc12. The Morgan fingerprint density at radius 2 is 2.41 bits per heavy atom. The van der Waals surface area contributed by atoms with Crippen LogP contribution in [0.4, 0.5) is 5.13 Å². The van der Waals surface area contributed by atoms with Crippen LogP contribution in [-0.2, 0) is 9.53 Å².